The first-order valence-electron chi connectivity index (χ1n) is 6.50. The highest BCUT2D eigenvalue weighted by atomic mass is 32.2. The van der Waals surface area contributed by atoms with E-state index in [0.717, 1.165) is 0 Å². The molecule has 0 saturated heterocycles. The molecule has 0 aliphatic carbocycles. The zero-order valence-electron chi connectivity index (χ0n) is 11.9. The van der Waals surface area contributed by atoms with Crippen molar-refractivity contribution in [3.63, 3.8) is 0 Å². The fraction of sp³-hybridized carbons (Fsp3) is 0.385. The topological polar surface area (TPSA) is 100 Å². The molecule has 0 bridgehead atoms. The van der Waals surface area contributed by atoms with Crippen molar-refractivity contribution in [2.75, 3.05) is 0 Å². The van der Waals surface area contributed by atoms with Crippen LogP contribution in [0.5, 0.6) is 5.75 Å². The maximum atomic E-state index is 11.5. The van der Waals surface area contributed by atoms with E-state index < -0.39 is 10.0 Å². The summed E-state index contributed by atoms with van der Waals surface area (Å²) in [6, 6.07) is 9.20. The molecular formula is C13H18N4O3S. The van der Waals surface area contributed by atoms with Crippen LogP contribution in [0.2, 0.25) is 0 Å². The van der Waals surface area contributed by atoms with E-state index >= 15 is 0 Å². The third kappa shape index (κ3) is 4.02. The lowest BCUT2D eigenvalue weighted by Crippen LogP contribution is -2.21. The molecule has 1 aromatic heterocycles. The Balaban J connectivity index is 2.25. The van der Waals surface area contributed by atoms with Crippen LogP contribution in [0.4, 0.5) is 0 Å². The lowest BCUT2D eigenvalue weighted by Gasteiger charge is -2.12. The number of para-hydroxylation sites is 1. The lowest BCUT2D eigenvalue weighted by atomic mass is 10.2. The third-order valence-corrected chi connectivity index (χ3v) is 3.52. The van der Waals surface area contributed by atoms with Crippen molar-refractivity contribution in [3.05, 3.63) is 36.2 Å². The Morgan fingerprint density at radius 3 is 2.48 bits per heavy atom. The molecule has 2 N–H and O–H groups in total. The first kappa shape index (κ1) is 15.5. The number of aromatic nitrogens is 3. The second kappa shape index (κ2) is 6.23. The Kier molecular flexibility index (Phi) is 4.59. The molecule has 0 spiro atoms. The maximum Gasteiger partial charge on any atom is 0.273 e. The Hall–Kier alpha value is -1.93. The van der Waals surface area contributed by atoms with Crippen molar-refractivity contribution >= 4 is 10.0 Å². The monoisotopic (exact) mass is 310 g/mol. The van der Waals surface area contributed by atoms with E-state index in [-0.39, 0.29) is 17.7 Å². The fourth-order valence-corrected chi connectivity index (χ4v) is 2.49. The summed E-state index contributed by atoms with van der Waals surface area (Å²) in [5.41, 5.74) is 0. The van der Waals surface area contributed by atoms with E-state index in [4.69, 9.17) is 9.88 Å². The molecule has 0 radical (unpaired) electrons. The van der Waals surface area contributed by atoms with Crippen molar-refractivity contribution in [2.45, 2.75) is 32.2 Å². The second-order valence-electron chi connectivity index (χ2n) is 5.05. The minimum Gasteiger partial charge on any atom is -0.486 e. The smallest absolute Gasteiger partial charge is 0.273 e. The molecule has 1 heterocycles. The predicted octanol–water partition coefficient (Wildman–Crippen LogP) is 1.16. The minimum atomic E-state index is -3.91. The van der Waals surface area contributed by atoms with Gasteiger partial charge in [0.05, 0.1) is 0 Å². The van der Waals surface area contributed by atoms with Gasteiger partial charge in [0.1, 0.15) is 12.4 Å². The Morgan fingerprint density at radius 1 is 1.24 bits per heavy atom. The summed E-state index contributed by atoms with van der Waals surface area (Å²) < 4.78 is 30.1. The number of rotatable bonds is 6. The van der Waals surface area contributed by atoms with Gasteiger partial charge in [-0.15, -0.1) is 10.2 Å². The van der Waals surface area contributed by atoms with Gasteiger partial charge in [0.15, 0.2) is 5.82 Å². The number of nitrogens with two attached hydrogens (primary N) is 1. The van der Waals surface area contributed by atoms with Crippen LogP contribution in [0, 0.1) is 5.92 Å². The van der Waals surface area contributed by atoms with Crippen molar-refractivity contribution in [1.29, 1.82) is 0 Å². The van der Waals surface area contributed by atoms with Crippen LogP contribution in [-0.2, 0) is 23.2 Å². The van der Waals surface area contributed by atoms with Crippen molar-refractivity contribution in [3.8, 4) is 5.75 Å². The van der Waals surface area contributed by atoms with Gasteiger partial charge in [-0.05, 0) is 18.1 Å². The molecule has 0 aliphatic rings. The SMILES string of the molecule is CC(C)Cn1c(COc2ccccc2)nnc1S(N)(=O)=O. The van der Waals surface area contributed by atoms with Gasteiger partial charge >= 0.3 is 0 Å². The van der Waals surface area contributed by atoms with Crippen molar-refractivity contribution < 1.29 is 13.2 Å². The van der Waals surface area contributed by atoms with Crippen molar-refractivity contribution in [2.24, 2.45) is 11.1 Å². The summed E-state index contributed by atoms with van der Waals surface area (Å²) in [6.07, 6.45) is 0. The van der Waals surface area contributed by atoms with Crippen LogP contribution in [-0.4, -0.2) is 23.2 Å². The molecule has 0 atom stereocenters. The Labute approximate surface area is 123 Å². The molecule has 2 rings (SSSR count). The minimum absolute atomic E-state index is 0.124. The third-order valence-electron chi connectivity index (χ3n) is 2.71. The van der Waals surface area contributed by atoms with Crippen LogP contribution in [0.25, 0.3) is 0 Å². The summed E-state index contributed by atoms with van der Waals surface area (Å²) in [5.74, 6) is 1.32. The Morgan fingerprint density at radius 2 is 1.90 bits per heavy atom. The standard InChI is InChI=1S/C13H18N4O3S/c1-10(2)8-17-12(15-16-13(17)21(14,18)19)9-20-11-6-4-3-5-7-11/h3-7,10H,8-9H2,1-2H3,(H2,14,18,19). The second-order valence-corrected chi connectivity index (χ2v) is 6.51. The van der Waals surface area contributed by atoms with Gasteiger partial charge in [-0.3, -0.25) is 4.57 Å². The molecule has 2 aromatic rings. The number of ether oxygens (including phenoxy) is 1. The first-order chi connectivity index (χ1) is 9.88. The van der Waals surface area contributed by atoms with E-state index in [1.807, 2.05) is 44.2 Å². The molecule has 7 nitrogen and oxygen atoms in total. The van der Waals surface area contributed by atoms with Gasteiger partial charge in [-0.1, -0.05) is 32.0 Å². The van der Waals surface area contributed by atoms with Crippen LogP contribution in [0.15, 0.2) is 35.5 Å². The molecule has 0 unspecified atom stereocenters. The van der Waals surface area contributed by atoms with Gasteiger partial charge in [-0.2, -0.15) is 0 Å². The molecule has 8 heteroatoms. The number of primary sulfonamides is 1. The quantitative estimate of drug-likeness (QED) is 0.863. The van der Waals surface area contributed by atoms with Crippen molar-refractivity contribution in [1.82, 2.24) is 14.8 Å². The average Bonchev–Trinajstić information content (AvgIpc) is 2.79. The molecule has 21 heavy (non-hydrogen) atoms. The average molecular weight is 310 g/mol. The molecule has 114 valence electrons. The number of sulfonamides is 1. The molecular weight excluding hydrogens is 292 g/mol. The molecule has 0 amide bonds. The van der Waals surface area contributed by atoms with Gasteiger partial charge in [0, 0.05) is 6.54 Å². The van der Waals surface area contributed by atoms with E-state index in [0.29, 0.717) is 18.1 Å². The van der Waals surface area contributed by atoms with Crippen LogP contribution in [0.3, 0.4) is 0 Å². The summed E-state index contributed by atoms with van der Waals surface area (Å²) in [7, 11) is -3.91. The van der Waals surface area contributed by atoms with E-state index in [1.54, 1.807) is 0 Å². The summed E-state index contributed by atoms with van der Waals surface area (Å²) in [5, 5.41) is 12.5. The van der Waals surface area contributed by atoms with Gasteiger partial charge in [-0.25, -0.2) is 13.6 Å². The predicted molar refractivity (Wildman–Crippen MR) is 77.0 cm³/mol. The highest BCUT2D eigenvalue weighted by Crippen LogP contribution is 2.14. The van der Waals surface area contributed by atoms with E-state index in [2.05, 4.69) is 10.2 Å². The largest absolute Gasteiger partial charge is 0.486 e. The highest BCUT2D eigenvalue weighted by Gasteiger charge is 2.21. The van der Waals surface area contributed by atoms with E-state index in [9.17, 15) is 8.42 Å². The number of benzene rings is 1. The molecule has 1 aromatic carbocycles. The van der Waals surface area contributed by atoms with Gasteiger partial charge in [0.2, 0.25) is 0 Å². The fourth-order valence-electron chi connectivity index (χ4n) is 1.85. The maximum absolute atomic E-state index is 11.5. The zero-order valence-corrected chi connectivity index (χ0v) is 12.7. The normalized spacial score (nSPS) is 11.8. The van der Waals surface area contributed by atoms with Gasteiger partial charge in [0.25, 0.3) is 15.2 Å². The number of hydrogen-bond donors (Lipinski definition) is 1. The summed E-state index contributed by atoms with van der Waals surface area (Å²) >= 11 is 0. The summed E-state index contributed by atoms with van der Waals surface area (Å²) in [6.45, 7) is 4.51. The number of hydrogen-bond acceptors (Lipinski definition) is 5. The molecule has 0 aliphatic heterocycles. The van der Waals surface area contributed by atoms with Gasteiger partial charge < -0.3 is 4.74 Å². The van der Waals surface area contributed by atoms with E-state index in [1.165, 1.54) is 4.57 Å². The van der Waals surface area contributed by atoms with Crippen LogP contribution >= 0.6 is 0 Å². The first-order valence-corrected chi connectivity index (χ1v) is 8.05. The summed E-state index contributed by atoms with van der Waals surface area (Å²) in [4.78, 5) is 0. The number of nitrogens with zero attached hydrogens (tertiary/aromatic N) is 3. The zero-order chi connectivity index (χ0) is 15.5. The lowest BCUT2D eigenvalue weighted by molar-refractivity contribution is 0.284. The molecule has 0 fully saturated rings. The Bertz CT molecular complexity index is 695. The van der Waals surface area contributed by atoms with Crippen LogP contribution < -0.4 is 9.88 Å². The molecule has 0 saturated carbocycles. The van der Waals surface area contributed by atoms with Crippen LogP contribution in [0.1, 0.15) is 19.7 Å². The highest BCUT2D eigenvalue weighted by molar-refractivity contribution is 7.89.